The molecule has 2 heterocycles. The Bertz CT molecular complexity index is 1280. The van der Waals surface area contributed by atoms with Crippen LogP contribution in [0.15, 0.2) is 60.0 Å². The van der Waals surface area contributed by atoms with Crippen LogP contribution in [0.3, 0.4) is 0 Å². The van der Waals surface area contributed by atoms with Gasteiger partial charge in [-0.25, -0.2) is 14.8 Å². The summed E-state index contributed by atoms with van der Waals surface area (Å²) in [6, 6.07) is 16.8. The summed E-state index contributed by atoms with van der Waals surface area (Å²) >= 11 is 1.49. The van der Waals surface area contributed by atoms with Crippen molar-refractivity contribution in [3.05, 3.63) is 76.9 Å². The third kappa shape index (κ3) is 6.45. The van der Waals surface area contributed by atoms with Gasteiger partial charge >= 0.3 is 5.97 Å². The second-order valence-corrected chi connectivity index (χ2v) is 8.35. The number of esters is 1. The van der Waals surface area contributed by atoms with E-state index in [2.05, 4.69) is 15.0 Å². The zero-order valence-electron chi connectivity index (χ0n) is 19.1. The van der Waals surface area contributed by atoms with Crippen LogP contribution in [0.1, 0.15) is 23.9 Å². The average molecular weight is 492 g/mol. The van der Waals surface area contributed by atoms with Crippen molar-refractivity contribution in [1.29, 1.82) is 0 Å². The Balaban J connectivity index is 1.29. The standard InChI is InChI=1S/C25H25N5O4S/c1-2-20-22(23(26)30-25(27)29-20)34-13-18-15-35-24(28-18)17-8-10-19(11-9-17)32-14-21(31)33-12-16-6-4-3-5-7-16/h3-11,15H,2,12-14H2,1H3,(H4,26,27,29,30). The van der Waals surface area contributed by atoms with Gasteiger partial charge in [0.2, 0.25) is 5.95 Å². The van der Waals surface area contributed by atoms with Gasteiger partial charge in [0.15, 0.2) is 18.2 Å². The topological polar surface area (TPSA) is 135 Å². The molecule has 2 aromatic carbocycles. The van der Waals surface area contributed by atoms with E-state index in [1.165, 1.54) is 11.3 Å². The van der Waals surface area contributed by atoms with E-state index >= 15 is 0 Å². The smallest absolute Gasteiger partial charge is 0.344 e. The van der Waals surface area contributed by atoms with Gasteiger partial charge in [-0.1, -0.05) is 37.3 Å². The third-order valence-electron chi connectivity index (χ3n) is 4.93. The second-order valence-electron chi connectivity index (χ2n) is 7.49. The first-order chi connectivity index (χ1) is 17.0. The number of nitrogens with zero attached hydrogens (tertiary/aromatic N) is 3. The first-order valence-electron chi connectivity index (χ1n) is 10.9. The number of benzene rings is 2. The van der Waals surface area contributed by atoms with Crippen LogP contribution in [0.4, 0.5) is 11.8 Å². The maximum Gasteiger partial charge on any atom is 0.344 e. The summed E-state index contributed by atoms with van der Waals surface area (Å²) in [4.78, 5) is 24.7. The lowest BCUT2D eigenvalue weighted by Gasteiger charge is -2.11. The fourth-order valence-electron chi connectivity index (χ4n) is 3.20. The van der Waals surface area contributed by atoms with Crippen LogP contribution in [-0.4, -0.2) is 27.5 Å². The Hall–Kier alpha value is -4.18. The molecule has 0 bridgehead atoms. The van der Waals surface area contributed by atoms with E-state index in [-0.39, 0.29) is 31.6 Å². The van der Waals surface area contributed by atoms with Gasteiger partial charge < -0.3 is 25.7 Å². The number of carbonyl (C=O) groups excluding carboxylic acids is 1. The minimum atomic E-state index is -0.430. The molecule has 0 aliphatic rings. The van der Waals surface area contributed by atoms with E-state index in [4.69, 9.17) is 25.7 Å². The Morgan fingerprint density at radius 3 is 2.46 bits per heavy atom. The Labute approximate surface area is 206 Å². The number of hydrogen-bond acceptors (Lipinski definition) is 10. The van der Waals surface area contributed by atoms with Crippen molar-refractivity contribution in [2.45, 2.75) is 26.6 Å². The third-order valence-corrected chi connectivity index (χ3v) is 5.87. The van der Waals surface area contributed by atoms with Crippen LogP contribution in [0, 0.1) is 0 Å². The summed E-state index contributed by atoms with van der Waals surface area (Å²) in [6.07, 6.45) is 0.619. The minimum Gasteiger partial charge on any atom is -0.482 e. The maximum atomic E-state index is 11.9. The van der Waals surface area contributed by atoms with E-state index in [0.29, 0.717) is 23.6 Å². The molecule has 0 saturated carbocycles. The average Bonchev–Trinajstić information content (AvgIpc) is 3.35. The molecule has 0 atom stereocenters. The minimum absolute atomic E-state index is 0.124. The number of anilines is 2. The molecule has 4 rings (SSSR count). The highest BCUT2D eigenvalue weighted by Gasteiger charge is 2.13. The fraction of sp³-hybridized carbons (Fsp3) is 0.200. The monoisotopic (exact) mass is 491 g/mol. The van der Waals surface area contributed by atoms with Gasteiger partial charge in [-0.3, -0.25) is 0 Å². The largest absolute Gasteiger partial charge is 0.482 e. The van der Waals surface area contributed by atoms with Crippen molar-refractivity contribution < 1.29 is 19.0 Å². The Morgan fingerprint density at radius 1 is 0.943 bits per heavy atom. The maximum absolute atomic E-state index is 11.9. The number of aryl methyl sites for hydroxylation is 1. The number of carbonyl (C=O) groups is 1. The summed E-state index contributed by atoms with van der Waals surface area (Å²) < 4.78 is 16.6. The zero-order valence-corrected chi connectivity index (χ0v) is 20.0. The van der Waals surface area contributed by atoms with Gasteiger partial charge in [0.1, 0.15) is 24.0 Å². The summed E-state index contributed by atoms with van der Waals surface area (Å²) in [5.41, 5.74) is 14.9. The highest BCUT2D eigenvalue weighted by Crippen LogP contribution is 2.28. The molecule has 180 valence electrons. The molecule has 35 heavy (non-hydrogen) atoms. The predicted molar refractivity (Wildman–Crippen MR) is 134 cm³/mol. The lowest BCUT2D eigenvalue weighted by atomic mass is 10.2. The number of aromatic nitrogens is 3. The lowest BCUT2D eigenvalue weighted by Crippen LogP contribution is -2.14. The van der Waals surface area contributed by atoms with Gasteiger partial charge in [-0.15, -0.1) is 11.3 Å². The summed E-state index contributed by atoms with van der Waals surface area (Å²) in [5.74, 6) is 0.904. The van der Waals surface area contributed by atoms with Gasteiger partial charge in [-0.05, 0) is 36.2 Å². The molecule has 4 aromatic rings. The number of hydrogen-bond donors (Lipinski definition) is 2. The first kappa shape index (κ1) is 24.0. The van der Waals surface area contributed by atoms with Crippen molar-refractivity contribution in [2.75, 3.05) is 18.1 Å². The lowest BCUT2D eigenvalue weighted by molar-refractivity contribution is -0.147. The number of nitrogen functional groups attached to an aromatic ring is 2. The fourth-order valence-corrected chi connectivity index (χ4v) is 4.01. The highest BCUT2D eigenvalue weighted by molar-refractivity contribution is 7.13. The molecule has 2 aromatic heterocycles. The molecule has 0 saturated heterocycles. The first-order valence-corrected chi connectivity index (χ1v) is 11.8. The van der Waals surface area contributed by atoms with Crippen LogP contribution in [0.2, 0.25) is 0 Å². The number of rotatable bonds is 10. The molecule has 9 nitrogen and oxygen atoms in total. The molecule has 0 fully saturated rings. The number of nitrogens with two attached hydrogens (primary N) is 2. The highest BCUT2D eigenvalue weighted by atomic mass is 32.1. The molecule has 0 aliphatic heterocycles. The summed E-state index contributed by atoms with van der Waals surface area (Å²) in [7, 11) is 0. The van der Waals surface area contributed by atoms with Crippen molar-refractivity contribution in [3.8, 4) is 22.1 Å². The molecule has 0 radical (unpaired) electrons. The second kappa shape index (κ2) is 11.3. The van der Waals surface area contributed by atoms with Crippen molar-refractivity contribution >= 4 is 29.1 Å². The summed E-state index contributed by atoms with van der Waals surface area (Å²) in [5, 5.41) is 2.75. The van der Waals surface area contributed by atoms with Gasteiger partial charge in [0.05, 0.1) is 11.4 Å². The number of thiazole rings is 1. The number of ether oxygens (including phenoxy) is 3. The molecule has 4 N–H and O–H groups in total. The van der Waals surface area contributed by atoms with Crippen molar-refractivity contribution in [2.24, 2.45) is 0 Å². The molecule has 10 heteroatoms. The molecular weight excluding hydrogens is 466 g/mol. The van der Waals surface area contributed by atoms with E-state index in [9.17, 15) is 4.79 Å². The van der Waals surface area contributed by atoms with Crippen LogP contribution >= 0.6 is 11.3 Å². The SMILES string of the molecule is CCc1nc(N)nc(N)c1OCc1csc(-c2ccc(OCC(=O)OCc3ccccc3)cc2)n1. The van der Waals surface area contributed by atoms with Crippen LogP contribution in [0.25, 0.3) is 10.6 Å². The summed E-state index contributed by atoms with van der Waals surface area (Å²) in [6.45, 7) is 2.22. The molecule has 0 spiro atoms. The van der Waals surface area contributed by atoms with E-state index in [0.717, 1.165) is 21.8 Å². The van der Waals surface area contributed by atoms with Gasteiger partial charge in [0, 0.05) is 10.9 Å². The van der Waals surface area contributed by atoms with Crippen molar-refractivity contribution in [3.63, 3.8) is 0 Å². The molecule has 0 amide bonds. The molecule has 0 aliphatic carbocycles. The van der Waals surface area contributed by atoms with Crippen LogP contribution in [0.5, 0.6) is 11.5 Å². The molecule has 0 unspecified atom stereocenters. The quantitative estimate of drug-likeness (QED) is 0.315. The Morgan fingerprint density at radius 2 is 1.71 bits per heavy atom. The van der Waals surface area contributed by atoms with Crippen LogP contribution < -0.4 is 20.9 Å². The predicted octanol–water partition coefficient (Wildman–Crippen LogP) is 4.03. The van der Waals surface area contributed by atoms with Crippen molar-refractivity contribution in [1.82, 2.24) is 15.0 Å². The van der Waals surface area contributed by atoms with E-state index in [1.807, 2.05) is 54.8 Å². The van der Waals surface area contributed by atoms with E-state index in [1.54, 1.807) is 12.1 Å². The van der Waals surface area contributed by atoms with Gasteiger partial charge in [0.25, 0.3) is 0 Å². The zero-order chi connectivity index (χ0) is 24.6. The van der Waals surface area contributed by atoms with E-state index < -0.39 is 5.97 Å². The normalized spacial score (nSPS) is 10.7. The Kier molecular flexibility index (Phi) is 7.74. The molecular formula is C25H25N5O4S. The van der Waals surface area contributed by atoms with Crippen LogP contribution in [-0.2, 0) is 29.2 Å². The van der Waals surface area contributed by atoms with Gasteiger partial charge in [-0.2, -0.15) is 4.98 Å².